The number of nitrogens with zero attached hydrogens (tertiary/aromatic N) is 1. The van der Waals surface area contributed by atoms with Crippen molar-refractivity contribution in [3.05, 3.63) is 35.9 Å². The molecule has 7 nitrogen and oxygen atoms in total. The van der Waals surface area contributed by atoms with Crippen molar-refractivity contribution in [1.82, 2.24) is 4.90 Å². The van der Waals surface area contributed by atoms with Crippen LogP contribution < -0.4 is 0 Å². The Morgan fingerprint density at radius 1 is 1.20 bits per heavy atom. The van der Waals surface area contributed by atoms with Gasteiger partial charge < -0.3 is 24.6 Å². The Morgan fingerprint density at radius 2 is 1.92 bits per heavy atom. The highest BCUT2D eigenvalue weighted by Crippen LogP contribution is 2.23. The lowest BCUT2D eigenvalue weighted by Gasteiger charge is -2.38. The number of piperidine rings is 1. The first-order chi connectivity index (χ1) is 12.0. The van der Waals surface area contributed by atoms with Gasteiger partial charge in [0.15, 0.2) is 6.10 Å². The minimum atomic E-state index is -1.69. The summed E-state index contributed by atoms with van der Waals surface area (Å²) in [6.07, 6.45) is -1.61. The van der Waals surface area contributed by atoms with Crippen LogP contribution in [0.5, 0.6) is 0 Å². The molecule has 7 heteroatoms. The van der Waals surface area contributed by atoms with Crippen LogP contribution in [-0.4, -0.2) is 58.6 Å². The van der Waals surface area contributed by atoms with Crippen LogP contribution in [0.15, 0.2) is 30.3 Å². The van der Waals surface area contributed by atoms with Gasteiger partial charge in [0.25, 0.3) is 0 Å². The van der Waals surface area contributed by atoms with Gasteiger partial charge in [-0.2, -0.15) is 0 Å². The Morgan fingerprint density at radius 3 is 2.60 bits per heavy atom. The molecule has 3 atom stereocenters. The van der Waals surface area contributed by atoms with Crippen molar-refractivity contribution in [1.29, 1.82) is 0 Å². The van der Waals surface area contributed by atoms with Crippen LogP contribution >= 0.6 is 0 Å². The van der Waals surface area contributed by atoms with Gasteiger partial charge in [0, 0.05) is 6.54 Å². The summed E-state index contributed by atoms with van der Waals surface area (Å²) in [5.41, 5.74) is 0.858. The highest BCUT2D eigenvalue weighted by atomic mass is 16.6. The molecule has 0 aromatic heterocycles. The van der Waals surface area contributed by atoms with Gasteiger partial charge in [0.05, 0.1) is 12.6 Å². The van der Waals surface area contributed by atoms with Crippen molar-refractivity contribution in [2.24, 2.45) is 0 Å². The maximum atomic E-state index is 12.4. The molecule has 1 aromatic rings. The standard InChI is InChI=1S/C18H25NO6/c1-2-24-17(22)16(21)15(20)14-10-6-7-11-19(14)18(23)25-12-13-8-4-3-5-9-13/h3-5,8-9,14-16,20-21H,2,6-7,10-12H2,1H3/t14-,15+,16-/m1/s1. The summed E-state index contributed by atoms with van der Waals surface area (Å²) in [5.74, 6) is -0.891. The zero-order chi connectivity index (χ0) is 18.2. The number of amides is 1. The average Bonchev–Trinajstić information content (AvgIpc) is 2.66. The van der Waals surface area contributed by atoms with E-state index in [0.717, 1.165) is 18.4 Å². The van der Waals surface area contributed by atoms with Gasteiger partial charge in [-0.25, -0.2) is 9.59 Å². The molecule has 138 valence electrons. The van der Waals surface area contributed by atoms with Gasteiger partial charge in [-0.15, -0.1) is 0 Å². The van der Waals surface area contributed by atoms with Crippen molar-refractivity contribution in [2.45, 2.75) is 51.0 Å². The number of esters is 1. The first-order valence-corrected chi connectivity index (χ1v) is 8.54. The topological polar surface area (TPSA) is 96.3 Å². The van der Waals surface area contributed by atoms with Crippen LogP contribution in [0.25, 0.3) is 0 Å². The molecule has 1 aliphatic rings. The zero-order valence-corrected chi connectivity index (χ0v) is 14.3. The number of rotatable bonds is 6. The fourth-order valence-electron chi connectivity index (χ4n) is 2.92. The van der Waals surface area contributed by atoms with E-state index in [4.69, 9.17) is 9.47 Å². The number of benzene rings is 1. The van der Waals surface area contributed by atoms with Crippen molar-refractivity contribution in [2.75, 3.05) is 13.2 Å². The summed E-state index contributed by atoms with van der Waals surface area (Å²) in [5, 5.41) is 20.3. The van der Waals surface area contributed by atoms with Gasteiger partial charge in [0.1, 0.15) is 12.7 Å². The van der Waals surface area contributed by atoms with E-state index in [9.17, 15) is 19.8 Å². The van der Waals surface area contributed by atoms with Crippen molar-refractivity contribution >= 4 is 12.1 Å². The second-order valence-corrected chi connectivity index (χ2v) is 5.98. The molecule has 1 fully saturated rings. The third kappa shape index (κ3) is 5.17. The predicted molar refractivity (Wildman–Crippen MR) is 89.6 cm³/mol. The summed E-state index contributed by atoms with van der Waals surface area (Å²) in [6.45, 7) is 2.26. The molecule has 1 heterocycles. The lowest BCUT2D eigenvalue weighted by atomic mass is 9.94. The molecule has 0 saturated carbocycles. The number of aliphatic hydroxyl groups is 2. The van der Waals surface area contributed by atoms with E-state index in [-0.39, 0.29) is 13.2 Å². The number of carbonyl (C=O) groups excluding carboxylic acids is 2. The van der Waals surface area contributed by atoms with E-state index in [1.807, 2.05) is 30.3 Å². The lowest BCUT2D eigenvalue weighted by Crippen LogP contribution is -2.55. The first-order valence-electron chi connectivity index (χ1n) is 8.54. The van der Waals surface area contributed by atoms with Crippen LogP contribution in [0.4, 0.5) is 4.79 Å². The van der Waals surface area contributed by atoms with E-state index in [1.165, 1.54) is 4.90 Å². The normalized spacial score (nSPS) is 19.8. The Hall–Kier alpha value is -2.12. The van der Waals surface area contributed by atoms with Crippen molar-refractivity contribution < 1.29 is 29.3 Å². The Balaban J connectivity index is 1.98. The minimum absolute atomic E-state index is 0.107. The monoisotopic (exact) mass is 351 g/mol. The van der Waals surface area contributed by atoms with E-state index in [2.05, 4.69) is 0 Å². The first kappa shape index (κ1) is 19.2. The van der Waals surface area contributed by atoms with Crippen LogP contribution in [0, 0.1) is 0 Å². The minimum Gasteiger partial charge on any atom is -0.464 e. The predicted octanol–water partition coefficient (Wildman–Crippen LogP) is 1.46. The second-order valence-electron chi connectivity index (χ2n) is 5.98. The average molecular weight is 351 g/mol. The van der Waals surface area contributed by atoms with E-state index in [1.54, 1.807) is 6.92 Å². The van der Waals surface area contributed by atoms with Gasteiger partial charge in [0.2, 0.25) is 0 Å². The summed E-state index contributed by atoms with van der Waals surface area (Å²) in [4.78, 5) is 25.4. The molecule has 0 radical (unpaired) electrons. The molecule has 2 rings (SSSR count). The summed E-state index contributed by atoms with van der Waals surface area (Å²) < 4.78 is 10.0. The van der Waals surface area contributed by atoms with E-state index < -0.39 is 30.3 Å². The van der Waals surface area contributed by atoms with Gasteiger partial charge in [-0.3, -0.25) is 0 Å². The molecule has 0 aliphatic carbocycles. The third-order valence-corrected chi connectivity index (χ3v) is 4.23. The van der Waals surface area contributed by atoms with E-state index >= 15 is 0 Å². The number of likely N-dealkylation sites (tertiary alicyclic amines) is 1. The maximum absolute atomic E-state index is 12.4. The Kier molecular flexibility index (Phi) is 7.21. The smallest absolute Gasteiger partial charge is 0.410 e. The number of hydrogen-bond acceptors (Lipinski definition) is 6. The molecular formula is C18H25NO6. The van der Waals surface area contributed by atoms with Crippen LogP contribution in [0.1, 0.15) is 31.7 Å². The fraction of sp³-hybridized carbons (Fsp3) is 0.556. The summed E-state index contributed by atoms with van der Waals surface area (Å²) >= 11 is 0. The fourth-order valence-corrected chi connectivity index (χ4v) is 2.92. The Bertz CT molecular complexity index is 564. The SMILES string of the molecule is CCOC(=O)[C@H](O)[C@@H](O)[C@H]1CCCCN1C(=O)OCc1ccccc1. The molecule has 0 unspecified atom stereocenters. The highest BCUT2D eigenvalue weighted by molar-refractivity contribution is 5.75. The van der Waals surface area contributed by atoms with Crippen molar-refractivity contribution in [3.8, 4) is 0 Å². The van der Waals surface area contributed by atoms with Crippen LogP contribution in [0.2, 0.25) is 0 Å². The quantitative estimate of drug-likeness (QED) is 0.754. The third-order valence-electron chi connectivity index (χ3n) is 4.23. The number of carbonyl (C=O) groups is 2. The summed E-state index contributed by atoms with van der Waals surface area (Å²) in [6, 6.07) is 8.59. The molecule has 25 heavy (non-hydrogen) atoms. The largest absolute Gasteiger partial charge is 0.464 e. The molecule has 1 aromatic carbocycles. The second kappa shape index (κ2) is 9.39. The molecule has 1 aliphatic heterocycles. The molecule has 1 saturated heterocycles. The molecule has 2 N–H and O–H groups in total. The lowest BCUT2D eigenvalue weighted by molar-refractivity contribution is -0.162. The number of aliphatic hydroxyl groups excluding tert-OH is 2. The molecule has 0 spiro atoms. The van der Waals surface area contributed by atoms with Crippen LogP contribution in [-0.2, 0) is 20.9 Å². The molecular weight excluding hydrogens is 326 g/mol. The summed E-state index contributed by atoms with van der Waals surface area (Å²) in [7, 11) is 0. The van der Waals surface area contributed by atoms with Crippen molar-refractivity contribution in [3.63, 3.8) is 0 Å². The molecule has 1 amide bonds. The van der Waals surface area contributed by atoms with Crippen LogP contribution in [0.3, 0.4) is 0 Å². The van der Waals surface area contributed by atoms with Gasteiger partial charge in [-0.1, -0.05) is 30.3 Å². The Labute approximate surface area is 147 Å². The van der Waals surface area contributed by atoms with Gasteiger partial charge in [-0.05, 0) is 31.7 Å². The zero-order valence-electron chi connectivity index (χ0n) is 14.3. The van der Waals surface area contributed by atoms with E-state index in [0.29, 0.717) is 13.0 Å². The molecule has 0 bridgehead atoms. The highest BCUT2D eigenvalue weighted by Gasteiger charge is 2.39. The van der Waals surface area contributed by atoms with Gasteiger partial charge >= 0.3 is 12.1 Å². The number of hydrogen-bond donors (Lipinski definition) is 2. The number of ether oxygens (including phenoxy) is 2. The maximum Gasteiger partial charge on any atom is 0.410 e.